The van der Waals surface area contributed by atoms with Gasteiger partial charge in [0.05, 0.1) is 19.8 Å². The van der Waals surface area contributed by atoms with Crippen LogP contribution in [-0.2, 0) is 14.3 Å². The first-order valence-electron chi connectivity index (χ1n) is 7.55. The number of halogens is 1. The number of hydrogen-bond acceptors (Lipinski definition) is 5. The molecule has 1 aromatic rings. The van der Waals surface area contributed by atoms with Gasteiger partial charge in [0.25, 0.3) is 0 Å². The number of hydrogen-bond donors (Lipinski definition) is 2. The summed E-state index contributed by atoms with van der Waals surface area (Å²) in [5.41, 5.74) is 1.18. The zero-order valence-electron chi connectivity index (χ0n) is 13.5. The lowest BCUT2D eigenvalue weighted by Crippen LogP contribution is -2.37. The minimum absolute atomic E-state index is 0.778. The van der Waals surface area contributed by atoms with Crippen LogP contribution in [0.4, 0.5) is 0 Å². The number of carboxylic acids is 2. The summed E-state index contributed by atoms with van der Waals surface area (Å²) in [6.45, 7) is 7.79. The van der Waals surface area contributed by atoms with Crippen molar-refractivity contribution < 1.29 is 29.3 Å². The fraction of sp³-hybridized carbons (Fsp3) is 0.500. The lowest BCUT2D eigenvalue weighted by molar-refractivity contribution is -0.159. The van der Waals surface area contributed by atoms with E-state index in [-0.39, 0.29) is 0 Å². The van der Waals surface area contributed by atoms with Crippen molar-refractivity contribution in [2.45, 2.75) is 13.3 Å². The fourth-order valence-electron chi connectivity index (χ4n) is 2.07. The Morgan fingerprint density at radius 1 is 1.25 bits per heavy atom. The summed E-state index contributed by atoms with van der Waals surface area (Å²) in [7, 11) is 0. The quantitative estimate of drug-likeness (QED) is 0.573. The largest absolute Gasteiger partial charge is 0.493 e. The topological polar surface area (TPSA) is 96.3 Å². The van der Waals surface area contributed by atoms with Crippen molar-refractivity contribution in [3.63, 3.8) is 0 Å². The van der Waals surface area contributed by atoms with Crippen LogP contribution in [0.3, 0.4) is 0 Å². The molecule has 0 aromatic heterocycles. The Balaban J connectivity index is 0.000000413. The summed E-state index contributed by atoms with van der Waals surface area (Å²) in [6, 6.07) is 6.12. The van der Waals surface area contributed by atoms with Crippen molar-refractivity contribution in [1.82, 2.24) is 4.90 Å². The third-order valence-corrected chi connectivity index (χ3v) is 3.79. The molecule has 1 fully saturated rings. The zero-order chi connectivity index (χ0) is 17.9. The first-order valence-corrected chi connectivity index (χ1v) is 8.34. The lowest BCUT2D eigenvalue weighted by Gasteiger charge is -2.26. The van der Waals surface area contributed by atoms with Gasteiger partial charge in [-0.25, -0.2) is 9.59 Å². The number of benzene rings is 1. The molecule has 1 aromatic carbocycles. The minimum Gasteiger partial charge on any atom is -0.493 e. The standard InChI is InChI=1S/C14H20BrNO2.C2H2O4/c1-12-11-13(15)3-4-14(12)18-8-2-5-16-6-9-17-10-7-16;3-1(4)2(5)6/h3-4,11H,2,5-10H2,1H3;(H,3,4)(H,5,6). The van der Waals surface area contributed by atoms with E-state index in [0.29, 0.717) is 0 Å². The Morgan fingerprint density at radius 2 is 1.88 bits per heavy atom. The zero-order valence-corrected chi connectivity index (χ0v) is 15.1. The lowest BCUT2D eigenvalue weighted by atomic mass is 10.2. The second-order valence-corrected chi connectivity index (χ2v) is 6.09. The average molecular weight is 404 g/mol. The van der Waals surface area contributed by atoms with Crippen molar-refractivity contribution >= 4 is 27.9 Å². The second-order valence-electron chi connectivity index (χ2n) is 5.18. The summed E-state index contributed by atoms with van der Waals surface area (Å²) in [6.07, 6.45) is 1.06. The highest BCUT2D eigenvalue weighted by molar-refractivity contribution is 9.10. The maximum Gasteiger partial charge on any atom is 0.414 e. The number of ether oxygens (including phenoxy) is 2. The molecule has 0 atom stereocenters. The molecule has 0 saturated carbocycles. The summed E-state index contributed by atoms with van der Waals surface area (Å²) in [5.74, 6) is -2.66. The van der Waals surface area contributed by atoms with Crippen molar-refractivity contribution in [2.24, 2.45) is 0 Å². The molecule has 24 heavy (non-hydrogen) atoms. The molecule has 2 rings (SSSR count). The van der Waals surface area contributed by atoms with Crippen molar-refractivity contribution in [3.05, 3.63) is 28.2 Å². The van der Waals surface area contributed by atoms with Crippen LogP contribution < -0.4 is 4.74 Å². The van der Waals surface area contributed by atoms with Gasteiger partial charge < -0.3 is 19.7 Å². The minimum atomic E-state index is -1.82. The van der Waals surface area contributed by atoms with Crippen LogP contribution >= 0.6 is 15.9 Å². The molecule has 0 amide bonds. The van der Waals surface area contributed by atoms with Crippen LogP contribution in [0.2, 0.25) is 0 Å². The average Bonchev–Trinajstić information content (AvgIpc) is 2.54. The van der Waals surface area contributed by atoms with E-state index in [1.165, 1.54) is 5.56 Å². The van der Waals surface area contributed by atoms with Gasteiger partial charge >= 0.3 is 11.9 Å². The highest BCUT2D eigenvalue weighted by atomic mass is 79.9. The number of aryl methyl sites for hydroxylation is 1. The molecule has 1 heterocycles. The van der Waals surface area contributed by atoms with E-state index >= 15 is 0 Å². The van der Waals surface area contributed by atoms with Gasteiger partial charge in [-0.1, -0.05) is 15.9 Å². The number of aliphatic carboxylic acids is 2. The van der Waals surface area contributed by atoms with E-state index in [9.17, 15) is 0 Å². The van der Waals surface area contributed by atoms with Gasteiger partial charge in [0.15, 0.2) is 0 Å². The van der Waals surface area contributed by atoms with Crippen molar-refractivity contribution in [1.29, 1.82) is 0 Å². The summed E-state index contributed by atoms with van der Waals surface area (Å²) < 4.78 is 12.2. The SMILES string of the molecule is Cc1cc(Br)ccc1OCCCN1CCOCC1.O=C(O)C(=O)O. The molecular weight excluding hydrogens is 382 g/mol. The first-order chi connectivity index (χ1) is 11.4. The number of nitrogens with zero attached hydrogens (tertiary/aromatic N) is 1. The van der Waals surface area contributed by atoms with Gasteiger partial charge in [-0.2, -0.15) is 0 Å². The molecule has 0 spiro atoms. The molecule has 0 radical (unpaired) electrons. The Kier molecular flexibility index (Phi) is 9.36. The summed E-state index contributed by atoms with van der Waals surface area (Å²) in [5, 5.41) is 14.8. The maximum absolute atomic E-state index is 9.10. The predicted octanol–water partition coefficient (Wildman–Crippen LogP) is 2.01. The van der Waals surface area contributed by atoms with E-state index in [1.807, 2.05) is 12.1 Å². The van der Waals surface area contributed by atoms with Gasteiger partial charge in [0.1, 0.15) is 5.75 Å². The van der Waals surface area contributed by atoms with Crippen LogP contribution in [-0.4, -0.2) is 66.5 Å². The highest BCUT2D eigenvalue weighted by Crippen LogP contribution is 2.22. The number of morpholine rings is 1. The van der Waals surface area contributed by atoms with E-state index in [2.05, 4.69) is 33.8 Å². The van der Waals surface area contributed by atoms with Crippen molar-refractivity contribution in [3.8, 4) is 5.75 Å². The van der Waals surface area contributed by atoms with Crippen LogP contribution in [0.25, 0.3) is 0 Å². The molecule has 1 aliphatic heterocycles. The molecule has 0 bridgehead atoms. The van der Waals surface area contributed by atoms with Crippen LogP contribution in [0.5, 0.6) is 5.75 Å². The normalized spacial score (nSPS) is 14.4. The molecule has 2 N–H and O–H groups in total. The fourth-order valence-corrected chi connectivity index (χ4v) is 2.55. The Morgan fingerprint density at radius 3 is 2.42 bits per heavy atom. The molecule has 8 heteroatoms. The third kappa shape index (κ3) is 8.28. The third-order valence-electron chi connectivity index (χ3n) is 3.30. The van der Waals surface area contributed by atoms with E-state index in [0.717, 1.165) is 56.1 Å². The molecule has 0 aliphatic carbocycles. The molecule has 1 saturated heterocycles. The Bertz CT molecular complexity index is 533. The Hall–Kier alpha value is -1.64. The van der Waals surface area contributed by atoms with Crippen LogP contribution in [0.1, 0.15) is 12.0 Å². The predicted molar refractivity (Wildman–Crippen MR) is 91.5 cm³/mol. The summed E-state index contributed by atoms with van der Waals surface area (Å²) in [4.78, 5) is 20.6. The van der Waals surface area contributed by atoms with Crippen LogP contribution in [0.15, 0.2) is 22.7 Å². The second kappa shape index (κ2) is 11.0. The molecule has 1 aliphatic rings. The first kappa shape index (κ1) is 20.4. The Labute approximate surface area is 149 Å². The monoisotopic (exact) mass is 403 g/mol. The van der Waals surface area contributed by atoms with Gasteiger partial charge in [-0.15, -0.1) is 0 Å². The molecular formula is C16H22BrNO6. The number of carboxylic acid groups (broad SMARTS) is 2. The van der Waals surface area contributed by atoms with E-state index < -0.39 is 11.9 Å². The van der Waals surface area contributed by atoms with E-state index in [4.69, 9.17) is 29.3 Å². The van der Waals surface area contributed by atoms with Crippen LogP contribution in [0, 0.1) is 6.92 Å². The van der Waals surface area contributed by atoms with Gasteiger partial charge in [-0.05, 0) is 37.1 Å². The van der Waals surface area contributed by atoms with E-state index in [1.54, 1.807) is 0 Å². The highest BCUT2D eigenvalue weighted by Gasteiger charge is 2.09. The van der Waals surface area contributed by atoms with Gasteiger partial charge in [0.2, 0.25) is 0 Å². The molecule has 0 unspecified atom stereocenters. The van der Waals surface area contributed by atoms with Gasteiger partial charge in [0, 0.05) is 24.1 Å². The summed E-state index contributed by atoms with van der Waals surface area (Å²) >= 11 is 3.46. The smallest absolute Gasteiger partial charge is 0.414 e. The maximum atomic E-state index is 9.10. The number of carbonyl (C=O) groups is 2. The molecule has 7 nitrogen and oxygen atoms in total. The number of rotatable bonds is 5. The molecule has 134 valence electrons. The van der Waals surface area contributed by atoms with Crippen molar-refractivity contribution in [2.75, 3.05) is 39.5 Å². The van der Waals surface area contributed by atoms with Gasteiger partial charge in [-0.3, -0.25) is 4.90 Å².